The molecule has 0 aliphatic carbocycles. The Morgan fingerprint density at radius 1 is 1.41 bits per heavy atom. The van der Waals surface area contributed by atoms with Crippen LogP contribution in [0, 0.1) is 0 Å². The highest BCUT2D eigenvalue weighted by Gasteiger charge is 2.26. The van der Waals surface area contributed by atoms with E-state index in [1.807, 2.05) is 0 Å². The summed E-state index contributed by atoms with van der Waals surface area (Å²) in [5, 5.41) is 0.250. The van der Waals surface area contributed by atoms with Gasteiger partial charge in [0.25, 0.3) is 0 Å². The minimum atomic E-state index is -4.16. The molecule has 0 aromatic carbocycles. The van der Waals surface area contributed by atoms with E-state index in [1.54, 1.807) is 6.07 Å². The summed E-state index contributed by atoms with van der Waals surface area (Å²) in [5.41, 5.74) is 6.11. The smallest absolute Gasteiger partial charge is 0.389 e. The highest BCUT2D eigenvalue weighted by molar-refractivity contribution is 6.31. The van der Waals surface area contributed by atoms with Crippen LogP contribution in [0.15, 0.2) is 12.3 Å². The van der Waals surface area contributed by atoms with E-state index >= 15 is 0 Å². The zero-order chi connectivity index (χ0) is 12.9. The minimum Gasteiger partial charge on any atom is -0.477 e. The van der Waals surface area contributed by atoms with Gasteiger partial charge in [0.2, 0.25) is 5.88 Å². The summed E-state index contributed by atoms with van der Waals surface area (Å²) in [6.45, 7) is 0.218. The number of ether oxygens (including phenoxy) is 1. The predicted molar refractivity (Wildman–Crippen MR) is 57.9 cm³/mol. The Morgan fingerprint density at radius 3 is 2.65 bits per heavy atom. The lowest BCUT2D eigenvalue weighted by Gasteiger charge is -2.09. The molecule has 0 radical (unpaired) electrons. The molecule has 0 fully saturated rings. The number of rotatable bonds is 5. The molecule has 0 saturated carbocycles. The predicted octanol–water partition coefficient (Wildman–Crippen LogP) is 2.92. The van der Waals surface area contributed by atoms with Gasteiger partial charge < -0.3 is 10.5 Å². The maximum Gasteiger partial charge on any atom is 0.389 e. The van der Waals surface area contributed by atoms with E-state index in [0.717, 1.165) is 5.56 Å². The van der Waals surface area contributed by atoms with E-state index < -0.39 is 12.6 Å². The van der Waals surface area contributed by atoms with Crippen molar-refractivity contribution in [3.8, 4) is 5.88 Å². The second kappa shape index (κ2) is 6.07. The lowest BCUT2D eigenvalue weighted by Crippen LogP contribution is -2.10. The largest absolute Gasteiger partial charge is 0.477 e. The molecule has 0 atom stereocenters. The number of pyridine rings is 1. The van der Waals surface area contributed by atoms with Crippen molar-refractivity contribution in [3.05, 3.63) is 22.8 Å². The standard InChI is InChI=1S/C10H12ClF3N2O/c11-8-4-7(5-15)6-16-9(8)17-3-1-2-10(12,13)14/h4,6H,1-3,5,15H2. The third kappa shape index (κ3) is 5.23. The van der Waals surface area contributed by atoms with Crippen LogP contribution in [0.3, 0.4) is 0 Å². The number of hydrogen-bond donors (Lipinski definition) is 1. The van der Waals surface area contributed by atoms with Crippen molar-refractivity contribution in [1.29, 1.82) is 0 Å². The number of alkyl halides is 3. The summed E-state index contributed by atoms with van der Waals surface area (Å²) in [6.07, 6.45) is -3.69. The molecule has 1 rings (SSSR count). The van der Waals surface area contributed by atoms with Crippen molar-refractivity contribution in [2.75, 3.05) is 6.61 Å². The molecule has 7 heteroatoms. The Balaban J connectivity index is 2.42. The number of nitrogens with zero attached hydrogens (tertiary/aromatic N) is 1. The Morgan fingerprint density at radius 2 is 2.12 bits per heavy atom. The fourth-order valence-corrected chi connectivity index (χ4v) is 1.37. The first kappa shape index (κ1) is 14.1. The molecule has 1 aromatic heterocycles. The quantitative estimate of drug-likeness (QED) is 0.836. The molecule has 0 unspecified atom stereocenters. The van der Waals surface area contributed by atoms with Gasteiger partial charge >= 0.3 is 6.18 Å². The molecule has 17 heavy (non-hydrogen) atoms. The fraction of sp³-hybridized carbons (Fsp3) is 0.500. The van der Waals surface area contributed by atoms with Gasteiger partial charge in [-0.3, -0.25) is 0 Å². The SMILES string of the molecule is NCc1cnc(OCCCC(F)(F)F)c(Cl)c1. The van der Waals surface area contributed by atoms with E-state index in [9.17, 15) is 13.2 Å². The Kier molecular flexibility index (Phi) is 5.02. The van der Waals surface area contributed by atoms with Crippen LogP contribution in [-0.2, 0) is 6.54 Å². The lowest BCUT2D eigenvalue weighted by atomic mass is 10.3. The van der Waals surface area contributed by atoms with Crippen LogP contribution < -0.4 is 10.5 Å². The topological polar surface area (TPSA) is 48.1 Å². The summed E-state index contributed by atoms with van der Waals surface area (Å²) in [4.78, 5) is 3.87. The number of halogens is 4. The van der Waals surface area contributed by atoms with Crippen LogP contribution >= 0.6 is 11.6 Å². The summed E-state index contributed by atoms with van der Waals surface area (Å²) < 4.78 is 40.6. The number of nitrogens with two attached hydrogens (primary N) is 1. The van der Waals surface area contributed by atoms with Gasteiger partial charge in [0, 0.05) is 19.2 Å². The van der Waals surface area contributed by atoms with Gasteiger partial charge in [-0.1, -0.05) is 11.6 Å². The van der Waals surface area contributed by atoms with Crippen LogP contribution in [0.4, 0.5) is 13.2 Å². The summed E-state index contributed by atoms with van der Waals surface area (Å²) in [6, 6.07) is 1.58. The van der Waals surface area contributed by atoms with E-state index in [-0.39, 0.29) is 23.9 Å². The zero-order valence-corrected chi connectivity index (χ0v) is 9.68. The molecule has 0 spiro atoms. The molecular weight excluding hydrogens is 257 g/mol. The third-order valence-electron chi connectivity index (χ3n) is 1.94. The first-order chi connectivity index (χ1) is 7.92. The summed E-state index contributed by atoms with van der Waals surface area (Å²) in [7, 11) is 0. The molecule has 0 saturated heterocycles. The van der Waals surface area contributed by atoms with Crippen molar-refractivity contribution >= 4 is 11.6 Å². The van der Waals surface area contributed by atoms with Gasteiger partial charge in [-0.05, 0) is 18.1 Å². The monoisotopic (exact) mass is 268 g/mol. The third-order valence-corrected chi connectivity index (χ3v) is 2.21. The van der Waals surface area contributed by atoms with E-state index in [2.05, 4.69) is 4.98 Å². The molecule has 0 bridgehead atoms. The van der Waals surface area contributed by atoms with Crippen molar-refractivity contribution in [3.63, 3.8) is 0 Å². The molecule has 0 amide bonds. The lowest BCUT2D eigenvalue weighted by molar-refractivity contribution is -0.136. The van der Waals surface area contributed by atoms with Gasteiger partial charge in [0.05, 0.1) is 6.61 Å². The van der Waals surface area contributed by atoms with Gasteiger partial charge in [-0.2, -0.15) is 13.2 Å². The first-order valence-corrected chi connectivity index (χ1v) is 5.34. The highest BCUT2D eigenvalue weighted by atomic mass is 35.5. The van der Waals surface area contributed by atoms with Gasteiger partial charge in [0.15, 0.2) is 0 Å². The average Bonchev–Trinajstić information content (AvgIpc) is 2.24. The van der Waals surface area contributed by atoms with Crippen molar-refractivity contribution in [2.45, 2.75) is 25.6 Å². The van der Waals surface area contributed by atoms with Gasteiger partial charge in [-0.25, -0.2) is 4.98 Å². The molecular formula is C10H12ClF3N2O. The molecule has 2 N–H and O–H groups in total. The van der Waals surface area contributed by atoms with Crippen molar-refractivity contribution in [2.24, 2.45) is 5.73 Å². The molecule has 96 valence electrons. The van der Waals surface area contributed by atoms with Crippen LogP contribution in [0.1, 0.15) is 18.4 Å². The summed E-state index contributed by atoms with van der Waals surface area (Å²) in [5.74, 6) is 0.131. The van der Waals surface area contributed by atoms with Crippen molar-refractivity contribution in [1.82, 2.24) is 4.98 Å². The molecule has 3 nitrogen and oxygen atoms in total. The second-order valence-corrected chi connectivity index (χ2v) is 3.81. The number of aromatic nitrogens is 1. The van der Waals surface area contributed by atoms with E-state index in [4.69, 9.17) is 22.1 Å². The fourth-order valence-electron chi connectivity index (χ4n) is 1.12. The van der Waals surface area contributed by atoms with Gasteiger partial charge in [0.1, 0.15) is 5.02 Å². The molecule has 1 aromatic rings. The Labute approximate surface area is 102 Å². The van der Waals surface area contributed by atoms with Crippen LogP contribution in [0.25, 0.3) is 0 Å². The number of hydrogen-bond acceptors (Lipinski definition) is 3. The van der Waals surface area contributed by atoms with Crippen LogP contribution in [-0.4, -0.2) is 17.8 Å². The van der Waals surface area contributed by atoms with Gasteiger partial charge in [-0.15, -0.1) is 0 Å². The minimum absolute atomic E-state index is 0.0752. The van der Waals surface area contributed by atoms with Crippen LogP contribution in [0.5, 0.6) is 5.88 Å². The van der Waals surface area contributed by atoms with E-state index in [0.29, 0.717) is 6.54 Å². The zero-order valence-electron chi connectivity index (χ0n) is 8.93. The molecule has 0 aliphatic rings. The van der Waals surface area contributed by atoms with E-state index in [1.165, 1.54) is 6.20 Å². The Hall–Kier alpha value is -1.01. The maximum atomic E-state index is 11.8. The average molecular weight is 269 g/mol. The molecule has 0 aliphatic heterocycles. The van der Waals surface area contributed by atoms with Crippen LogP contribution in [0.2, 0.25) is 5.02 Å². The second-order valence-electron chi connectivity index (χ2n) is 3.40. The Bertz CT molecular complexity index is 371. The van der Waals surface area contributed by atoms with Crippen molar-refractivity contribution < 1.29 is 17.9 Å². The normalized spacial score (nSPS) is 11.6. The maximum absolute atomic E-state index is 11.8. The summed E-state index contributed by atoms with van der Waals surface area (Å²) >= 11 is 5.81. The first-order valence-electron chi connectivity index (χ1n) is 4.96. The molecule has 1 heterocycles. The highest BCUT2D eigenvalue weighted by Crippen LogP contribution is 2.24.